The first-order chi connectivity index (χ1) is 12.0. The third-order valence-corrected chi connectivity index (χ3v) is 3.08. The van der Waals surface area contributed by atoms with E-state index < -0.39 is 11.6 Å². The topological polar surface area (TPSA) is 47.6 Å². The average Bonchev–Trinajstić information content (AvgIpc) is 2.59. The Labute approximate surface area is 144 Å². The second-order valence-electron chi connectivity index (χ2n) is 5.10. The van der Waals surface area contributed by atoms with Crippen molar-refractivity contribution in [1.82, 2.24) is 5.32 Å². The summed E-state index contributed by atoms with van der Waals surface area (Å²) in [6, 6.07) is 10.4. The normalized spacial score (nSPS) is 9.72. The Morgan fingerprint density at radius 1 is 1.08 bits per heavy atom. The van der Waals surface area contributed by atoms with Gasteiger partial charge in [0.15, 0.2) is 18.2 Å². The van der Waals surface area contributed by atoms with Crippen LogP contribution in [0.4, 0.5) is 8.78 Å². The van der Waals surface area contributed by atoms with Crippen LogP contribution in [0.1, 0.15) is 5.56 Å². The van der Waals surface area contributed by atoms with Gasteiger partial charge in [-0.05, 0) is 31.2 Å². The first-order valence-corrected chi connectivity index (χ1v) is 7.54. The summed E-state index contributed by atoms with van der Waals surface area (Å²) in [5.74, 6) is 4.05. The highest BCUT2D eigenvalue weighted by atomic mass is 19.1. The molecule has 25 heavy (non-hydrogen) atoms. The van der Waals surface area contributed by atoms with Gasteiger partial charge in [0, 0.05) is 6.07 Å². The lowest BCUT2D eigenvalue weighted by atomic mass is 10.2. The summed E-state index contributed by atoms with van der Waals surface area (Å²) in [6.45, 7) is 1.90. The third kappa shape index (κ3) is 6.51. The number of aryl methyl sites for hydroxylation is 1. The summed E-state index contributed by atoms with van der Waals surface area (Å²) >= 11 is 0. The van der Waals surface area contributed by atoms with Gasteiger partial charge < -0.3 is 14.8 Å². The van der Waals surface area contributed by atoms with Gasteiger partial charge in [0.05, 0.1) is 6.54 Å². The van der Waals surface area contributed by atoms with Crippen LogP contribution in [0.3, 0.4) is 0 Å². The minimum absolute atomic E-state index is 0.0711. The molecule has 4 nitrogen and oxygen atoms in total. The first-order valence-electron chi connectivity index (χ1n) is 7.54. The highest BCUT2D eigenvalue weighted by Gasteiger charge is 2.03. The van der Waals surface area contributed by atoms with E-state index in [0.717, 1.165) is 17.7 Å². The Bertz CT molecular complexity index is 779. The Morgan fingerprint density at radius 3 is 2.56 bits per heavy atom. The van der Waals surface area contributed by atoms with Gasteiger partial charge in [-0.2, -0.15) is 0 Å². The molecule has 0 fully saturated rings. The van der Waals surface area contributed by atoms with Gasteiger partial charge >= 0.3 is 0 Å². The predicted molar refractivity (Wildman–Crippen MR) is 89.3 cm³/mol. The van der Waals surface area contributed by atoms with E-state index >= 15 is 0 Å². The number of carbonyl (C=O) groups excluding carboxylic acids is 1. The van der Waals surface area contributed by atoms with Gasteiger partial charge in [0.2, 0.25) is 0 Å². The molecule has 0 radical (unpaired) electrons. The zero-order valence-corrected chi connectivity index (χ0v) is 13.6. The molecule has 0 unspecified atom stereocenters. The van der Waals surface area contributed by atoms with Crippen LogP contribution in [-0.4, -0.2) is 25.7 Å². The van der Waals surface area contributed by atoms with Crippen LogP contribution in [0, 0.1) is 30.4 Å². The first kappa shape index (κ1) is 18.3. The van der Waals surface area contributed by atoms with Crippen LogP contribution in [0.15, 0.2) is 42.5 Å². The predicted octanol–water partition coefficient (Wildman–Crippen LogP) is 2.85. The molecule has 1 N–H and O–H groups in total. The number of amides is 1. The van der Waals surface area contributed by atoms with Gasteiger partial charge in [-0.3, -0.25) is 4.79 Å². The molecule has 0 spiro atoms. The zero-order valence-electron chi connectivity index (χ0n) is 13.6. The van der Waals surface area contributed by atoms with E-state index in [0.29, 0.717) is 5.75 Å². The molecule has 0 bridgehead atoms. The molecule has 0 heterocycles. The highest BCUT2D eigenvalue weighted by Crippen LogP contribution is 2.17. The molecular formula is C19H17F2NO3. The van der Waals surface area contributed by atoms with E-state index in [1.54, 1.807) is 12.1 Å². The van der Waals surface area contributed by atoms with Gasteiger partial charge in [-0.25, -0.2) is 8.78 Å². The standard InChI is InChI=1S/C19H17F2NO3/c1-14-4-7-16(8-5-14)25-13-19(23)22-10-2-3-11-24-18-9-6-15(20)12-17(18)21/h4-9,12H,10-11,13H2,1H3,(H,22,23). The van der Waals surface area contributed by atoms with Crippen molar-refractivity contribution in [3.05, 3.63) is 59.7 Å². The molecule has 2 aromatic carbocycles. The molecule has 0 saturated heterocycles. The molecular weight excluding hydrogens is 328 g/mol. The molecule has 0 saturated carbocycles. The number of rotatable bonds is 6. The fraction of sp³-hybridized carbons (Fsp3) is 0.211. The lowest BCUT2D eigenvalue weighted by molar-refractivity contribution is -0.122. The number of hydrogen-bond donors (Lipinski definition) is 1. The van der Waals surface area contributed by atoms with Gasteiger partial charge in [0.25, 0.3) is 5.91 Å². The SMILES string of the molecule is Cc1ccc(OCC(=O)NCC#CCOc2ccc(F)cc2F)cc1. The molecule has 6 heteroatoms. The highest BCUT2D eigenvalue weighted by molar-refractivity contribution is 5.77. The quantitative estimate of drug-likeness (QED) is 0.819. The van der Waals surface area contributed by atoms with Crippen LogP contribution in [0.5, 0.6) is 11.5 Å². The number of ether oxygens (including phenoxy) is 2. The lowest BCUT2D eigenvalue weighted by Crippen LogP contribution is -2.29. The molecule has 130 valence electrons. The van der Waals surface area contributed by atoms with Gasteiger partial charge in [-0.15, -0.1) is 0 Å². The second-order valence-corrected chi connectivity index (χ2v) is 5.10. The summed E-state index contributed by atoms with van der Waals surface area (Å²) in [5, 5.41) is 2.57. The number of benzene rings is 2. The summed E-state index contributed by atoms with van der Waals surface area (Å²) < 4.78 is 36.4. The molecule has 0 aliphatic rings. The zero-order chi connectivity index (χ0) is 18.1. The summed E-state index contributed by atoms with van der Waals surface area (Å²) in [7, 11) is 0. The molecule has 0 atom stereocenters. The maximum Gasteiger partial charge on any atom is 0.258 e. The van der Waals surface area contributed by atoms with Crippen LogP contribution >= 0.6 is 0 Å². The van der Waals surface area contributed by atoms with E-state index in [-0.39, 0.29) is 31.4 Å². The Morgan fingerprint density at radius 2 is 1.84 bits per heavy atom. The van der Waals surface area contributed by atoms with Gasteiger partial charge in [0.1, 0.15) is 18.2 Å². The van der Waals surface area contributed by atoms with Crippen molar-refractivity contribution in [2.45, 2.75) is 6.92 Å². The summed E-state index contributed by atoms with van der Waals surface area (Å²) in [5.41, 5.74) is 1.11. The van der Waals surface area contributed by atoms with E-state index in [1.165, 1.54) is 6.07 Å². The molecule has 2 aromatic rings. The van der Waals surface area contributed by atoms with Crippen molar-refractivity contribution in [1.29, 1.82) is 0 Å². The van der Waals surface area contributed by atoms with E-state index in [9.17, 15) is 13.6 Å². The van der Waals surface area contributed by atoms with Crippen LogP contribution in [0.2, 0.25) is 0 Å². The van der Waals surface area contributed by atoms with Gasteiger partial charge in [-0.1, -0.05) is 29.5 Å². The monoisotopic (exact) mass is 345 g/mol. The fourth-order valence-corrected chi connectivity index (χ4v) is 1.80. The molecule has 1 amide bonds. The largest absolute Gasteiger partial charge is 0.484 e. The maximum absolute atomic E-state index is 13.3. The fourth-order valence-electron chi connectivity index (χ4n) is 1.80. The van der Waals surface area contributed by atoms with Crippen LogP contribution < -0.4 is 14.8 Å². The molecule has 0 aromatic heterocycles. The van der Waals surface area contributed by atoms with Crippen molar-refractivity contribution in [3.63, 3.8) is 0 Å². The summed E-state index contributed by atoms with van der Waals surface area (Å²) in [6.07, 6.45) is 0. The van der Waals surface area contributed by atoms with Crippen molar-refractivity contribution in [2.75, 3.05) is 19.8 Å². The smallest absolute Gasteiger partial charge is 0.258 e. The second kappa shape index (κ2) is 9.28. The van der Waals surface area contributed by atoms with E-state index in [1.807, 2.05) is 19.1 Å². The number of hydrogen-bond acceptors (Lipinski definition) is 3. The maximum atomic E-state index is 13.3. The lowest BCUT2D eigenvalue weighted by Gasteiger charge is -2.05. The number of halogens is 2. The average molecular weight is 345 g/mol. The van der Waals surface area contributed by atoms with Crippen LogP contribution in [0.25, 0.3) is 0 Å². The molecule has 0 aliphatic heterocycles. The van der Waals surface area contributed by atoms with Crippen molar-refractivity contribution >= 4 is 5.91 Å². The number of nitrogens with one attached hydrogen (secondary N) is 1. The van der Waals surface area contributed by atoms with Crippen molar-refractivity contribution in [2.24, 2.45) is 0 Å². The minimum Gasteiger partial charge on any atom is -0.484 e. The third-order valence-electron chi connectivity index (χ3n) is 3.08. The minimum atomic E-state index is -0.789. The van der Waals surface area contributed by atoms with Crippen molar-refractivity contribution in [3.8, 4) is 23.3 Å². The van der Waals surface area contributed by atoms with E-state index in [4.69, 9.17) is 9.47 Å². The summed E-state index contributed by atoms with van der Waals surface area (Å²) in [4.78, 5) is 11.6. The Balaban J connectivity index is 1.64. The molecule has 2 rings (SSSR count). The van der Waals surface area contributed by atoms with Crippen LogP contribution in [-0.2, 0) is 4.79 Å². The molecule has 0 aliphatic carbocycles. The Hall–Kier alpha value is -3.07. The number of carbonyl (C=O) groups is 1. The van der Waals surface area contributed by atoms with E-state index in [2.05, 4.69) is 17.2 Å². The Kier molecular flexibility index (Phi) is 6.78. The van der Waals surface area contributed by atoms with Crippen molar-refractivity contribution < 1.29 is 23.0 Å².